The average molecular weight is 377 g/mol. The lowest BCUT2D eigenvalue weighted by atomic mass is 10.2. The molecule has 0 saturated carbocycles. The number of carbonyl (C=O) groups excluding carboxylic acids is 1. The zero-order chi connectivity index (χ0) is 16.9. The van der Waals surface area contributed by atoms with Gasteiger partial charge in [-0.15, -0.1) is 11.3 Å². The topological polar surface area (TPSA) is 66.4 Å². The molecular formula is C16H13ClN4OS2. The lowest BCUT2D eigenvalue weighted by Crippen LogP contribution is -2.04. The molecule has 3 aromatic rings. The molecule has 8 heteroatoms. The summed E-state index contributed by atoms with van der Waals surface area (Å²) in [5, 5.41) is 10.9. The van der Waals surface area contributed by atoms with Crippen molar-refractivity contribution < 1.29 is 4.79 Å². The maximum atomic E-state index is 11.4. The van der Waals surface area contributed by atoms with Crippen LogP contribution in [0.4, 0.5) is 10.1 Å². The van der Waals surface area contributed by atoms with Gasteiger partial charge < -0.3 is 5.32 Å². The van der Waals surface area contributed by atoms with E-state index >= 15 is 0 Å². The van der Waals surface area contributed by atoms with Gasteiger partial charge in [0.2, 0.25) is 11.0 Å². The molecule has 1 aromatic carbocycles. The highest BCUT2D eigenvalue weighted by molar-refractivity contribution is 7.21. The van der Waals surface area contributed by atoms with Crippen LogP contribution in [0.15, 0.2) is 46.9 Å². The number of nitrogens with zero attached hydrogens (tertiary/aromatic N) is 2. The van der Waals surface area contributed by atoms with Gasteiger partial charge in [0.05, 0.1) is 11.1 Å². The Morgan fingerprint density at radius 3 is 2.75 bits per heavy atom. The van der Waals surface area contributed by atoms with Crippen molar-refractivity contribution in [2.75, 3.05) is 10.7 Å². The number of hydrogen-bond donors (Lipinski definition) is 2. The SMILES string of the molecule is CC(=O)Nc1sc(NN=Cc2ccc(Cl)cc2)nc1-c1cccs1. The number of hydrazone groups is 1. The minimum absolute atomic E-state index is 0.132. The van der Waals surface area contributed by atoms with E-state index in [2.05, 4.69) is 20.8 Å². The Kier molecular flexibility index (Phi) is 5.24. The first kappa shape index (κ1) is 16.6. The van der Waals surface area contributed by atoms with Crippen molar-refractivity contribution in [3.8, 4) is 10.6 Å². The molecule has 24 heavy (non-hydrogen) atoms. The minimum atomic E-state index is -0.132. The maximum Gasteiger partial charge on any atom is 0.221 e. The number of halogens is 1. The molecule has 2 N–H and O–H groups in total. The van der Waals surface area contributed by atoms with Crippen LogP contribution in [-0.4, -0.2) is 17.1 Å². The lowest BCUT2D eigenvalue weighted by molar-refractivity contribution is -0.114. The summed E-state index contributed by atoms with van der Waals surface area (Å²) in [6.45, 7) is 1.48. The Balaban J connectivity index is 1.78. The second kappa shape index (κ2) is 7.57. The highest BCUT2D eigenvalue weighted by atomic mass is 35.5. The molecule has 0 atom stereocenters. The van der Waals surface area contributed by atoms with Gasteiger partial charge in [0, 0.05) is 11.9 Å². The number of anilines is 2. The Bertz CT molecular complexity index is 857. The maximum absolute atomic E-state index is 11.4. The van der Waals surface area contributed by atoms with Crippen LogP contribution in [0.25, 0.3) is 10.6 Å². The van der Waals surface area contributed by atoms with Crippen molar-refractivity contribution >= 4 is 56.5 Å². The van der Waals surface area contributed by atoms with Gasteiger partial charge in [0.25, 0.3) is 0 Å². The third kappa shape index (κ3) is 4.19. The fourth-order valence-corrected chi connectivity index (χ4v) is 3.69. The van der Waals surface area contributed by atoms with Gasteiger partial charge in [0.1, 0.15) is 10.7 Å². The summed E-state index contributed by atoms with van der Waals surface area (Å²) in [4.78, 5) is 16.9. The van der Waals surface area contributed by atoms with Crippen LogP contribution in [0, 0.1) is 0 Å². The van der Waals surface area contributed by atoms with E-state index < -0.39 is 0 Å². The Labute approximate surface area is 152 Å². The molecule has 0 bridgehead atoms. The number of thiazole rings is 1. The Morgan fingerprint density at radius 1 is 1.29 bits per heavy atom. The molecule has 0 unspecified atom stereocenters. The first-order valence-electron chi connectivity index (χ1n) is 6.99. The smallest absolute Gasteiger partial charge is 0.221 e. The quantitative estimate of drug-likeness (QED) is 0.490. The molecule has 2 aromatic heterocycles. The summed E-state index contributed by atoms with van der Waals surface area (Å²) >= 11 is 8.76. The van der Waals surface area contributed by atoms with Crippen molar-refractivity contribution in [3.05, 3.63) is 52.4 Å². The van der Waals surface area contributed by atoms with Crippen LogP contribution in [-0.2, 0) is 4.79 Å². The molecule has 0 aliphatic carbocycles. The lowest BCUT2D eigenvalue weighted by Gasteiger charge is -1.99. The summed E-state index contributed by atoms with van der Waals surface area (Å²) in [5.41, 5.74) is 4.57. The molecule has 0 spiro atoms. The van der Waals surface area contributed by atoms with Gasteiger partial charge in [-0.3, -0.25) is 10.2 Å². The van der Waals surface area contributed by atoms with Crippen LogP contribution in [0.1, 0.15) is 12.5 Å². The molecule has 2 heterocycles. The molecule has 122 valence electrons. The minimum Gasteiger partial charge on any atom is -0.316 e. The van der Waals surface area contributed by atoms with E-state index in [4.69, 9.17) is 11.6 Å². The third-order valence-electron chi connectivity index (χ3n) is 2.92. The summed E-state index contributed by atoms with van der Waals surface area (Å²) < 4.78 is 0. The molecule has 0 fully saturated rings. The van der Waals surface area contributed by atoms with Crippen molar-refractivity contribution in [1.82, 2.24) is 4.98 Å². The fraction of sp³-hybridized carbons (Fsp3) is 0.0625. The Hall–Kier alpha value is -2.22. The highest BCUT2D eigenvalue weighted by Crippen LogP contribution is 2.37. The second-order valence-corrected chi connectivity index (χ2v) is 7.16. The van der Waals surface area contributed by atoms with Gasteiger partial charge in [0.15, 0.2) is 0 Å². The number of hydrogen-bond acceptors (Lipinski definition) is 6. The third-order valence-corrected chi connectivity index (χ3v) is 4.92. The van der Waals surface area contributed by atoms with Crippen LogP contribution in [0.2, 0.25) is 5.02 Å². The van der Waals surface area contributed by atoms with Crippen molar-refractivity contribution in [1.29, 1.82) is 0 Å². The molecule has 0 aliphatic heterocycles. The second-order valence-electron chi connectivity index (χ2n) is 4.78. The largest absolute Gasteiger partial charge is 0.316 e. The number of carbonyl (C=O) groups is 1. The molecular weight excluding hydrogens is 364 g/mol. The molecule has 5 nitrogen and oxygen atoms in total. The van der Waals surface area contributed by atoms with E-state index in [1.807, 2.05) is 29.6 Å². The highest BCUT2D eigenvalue weighted by Gasteiger charge is 2.14. The van der Waals surface area contributed by atoms with Crippen LogP contribution >= 0.6 is 34.3 Å². The van der Waals surface area contributed by atoms with E-state index in [-0.39, 0.29) is 5.91 Å². The molecule has 0 radical (unpaired) electrons. The zero-order valence-electron chi connectivity index (χ0n) is 12.6. The fourth-order valence-electron chi connectivity index (χ4n) is 1.90. The molecule has 3 rings (SSSR count). The van der Waals surface area contributed by atoms with Gasteiger partial charge in [-0.1, -0.05) is 41.1 Å². The van der Waals surface area contributed by atoms with Gasteiger partial charge in [-0.25, -0.2) is 4.98 Å². The van der Waals surface area contributed by atoms with Gasteiger partial charge >= 0.3 is 0 Å². The summed E-state index contributed by atoms with van der Waals surface area (Å²) in [7, 11) is 0. The number of aromatic nitrogens is 1. The van der Waals surface area contributed by atoms with Crippen molar-refractivity contribution in [3.63, 3.8) is 0 Å². The first-order valence-corrected chi connectivity index (χ1v) is 9.06. The number of benzene rings is 1. The molecule has 0 aliphatic rings. The number of thiophene rings is 1. The van der Waals surface area contributed by atoms with E-state index in [0.717, 1.165) is 16.1 Å². The number of amides is 1. The van der Waals surface area contributed by atoms with Crippen molar-refractivity contribution in [2.45, 2.75) is 6.92 Å². The monoisotopic (exact) mass is 376 g/mol. The normalized spacial score (nSPS) is 10.9. The van der Waals surface area contributed by atoms with Crippen LogP contribution in [0.3, 0.4) is 0 Å². The predicted molar refractivity (Wildman–Crippen MR) is 102 cm³/mol. The number of nitrogens with one attached hydrogen (secondary N) is 2. The zero-order valence-corrected chi connectivity index (χ0v) is 15.0. The predicted octanol–water partition coefficient (Wildman–Crippen LogP) is 4.93. The van der Waals surface area contributed by atoms with Gasteiger partial charge in [-0.05, 0) is 29.1 Å². The Morgan fingerprint density at radius 2 is 2.08 bits per heavy atom. The van der Waals surface area contributed by atoms with Crippen molar-refractivity contribution in [2.24, 2.45) is 5.10 Å². The molecule has 0 saturated heterocycles. The van der Waals surface area contributed by atoms with Gasteiger partial charge in [-0.2, -0.15) is 5.10 Å². The van der Waals surface area contributed by atoms with E-state index in [1.54, 1.807) is 29.7 Å². The van der Waals surface area contributed by atoms with Crippen LogP contribution < -0.4 is 10.7 Å². The summed E-state index contributed by atoms with van der Waals surface area (Å²) in [5.74, 6) is -0.132. The summed E-state index contributed by atoms with van der Waals surface area (Å²) in [6.07, 6.45) is 1.68. The average Bonchev–Trinajstić information content (AvgIpc) is 3.18. The first-order chi connectivity index (χ1) is 11.6. The van der Waals surface area contributed by atoms with E-state index in [0.29, 0.717) is 15.2 Å². The van der Waals surface area contributed by atoms with Crippen LogP contribution in [0.5, 0.6) is 0 Å². The molecule has 1 amide bonds. The van der Waals surface area contributed by atoms with E-state index in [1.165, 1.54) is 18.3 Å². The summed E-state index contributed by atoms with van der Waals surface area (Å²) in [6, 6.07) is 11.3. The van der Waals surface area contributed by atoms with E-state index in [9.17, 15) is 4.79 Å². The number of rotatable bonds is 5. The standard InChI is InChI=1S/C16H13ClN4OS2/c1-10(22)19-15-14(13-3-2-8-23-13)20-16(24-15)21-18-9-11-4-6-12(17)7-5-11/h2-9H,1H3,(H,19,22)(H,20,21).